The van der Waals surface area contributed by atoms with Crippen LogP contribution in [0.2, 0.25) is 0 Å². The number of halogens is 1. The van der Waals surface area contributed by atoms with Gasteiger partial charge in [0.05, 0.1) is 24.9 Å². The summed E-state index contributed by atoms with van der Waals surface area (Å²) in [5, 5.41) is 12.5. The Hall–Kier alpha value is -2.19. The molecule has 1 aliphatic heterocycles. The van der Waals surface area contributed by atoms with E-state index in [1.165, 1.54) is 17.0 Å². The molecule has 2 amide bonds. The Kier molecular flexibility index (Phi) is 6.93. The molecule has 26 heavy (non-hydrogen) atoms. The fourth-order valence-electron chi connectivity index (χ4n) is 3.25. The van der Waals surface area contributed by atoms with E-state index in [4.69, 9.17) is 5.73 Å². The minimum atomic E-state index is -0.653. The SMILES string of the molecule is CCCN(C)CC(=O)N[C@H]1C[C@@H](CO)N(C(=O)c2ccc(N)c(F)c2)C1. The molecule has 0 radical (unpaired) electrons. The van der Waals surface area contributed by atoms with Crippen LogP contribution in [0.25, 0.3) is 0 Å². The number of aliphatic hydroxyl groups excluding tert-OH is 1. The summed E-state index contributed by atoms with van der Waals surface area (Å²) in [6.45, 7) is 3.21. The number of aliphatic hydroxyl groups is 1. The number of carbonyl (C=O) groups excluding carboxylic acids is 2. The van der Waals surface area contributed by atoms with Crippen LogP contribution in [-0.4, -0.2) is 72.1 Å². The summed E-state index contributed by atoms with van der Waals surface area (Å²) in [6.07, 6.45) is 1.42. The van der Waals surface area contributed by atoms with Gasteiger partial charge in [0.15, 0.2) is 0 Å². The largest absolute Gasteiger partial charge is 0.396 e. The maximum absolute atomic E-state index is 13.6. The summed E-state index contributed by atoms with van der Waals surface area (Å²) in [4.78, 5) is 28.2. The Morgan fingerprint density at radius 3 is 2.81 bits per heavy atom. The number of carbonyl (C=O) groups is 2. The molecule has 7 nitrogen and oxygen atoms in total. The topological polar surface area (TPSA) is 98.9 Å². The van der Waals surface area contributed by atoms with Crippen LogP contribution >= 0.6 is 0 Å². The van der Waals surface area contributed by atoms with Crippen molar-refractivity contribution in [3.8, 4) is 0 Å². The summed E-state index contributed by atoms with van der Waals surface area (Å²) in [6, 6.07) is 3.24. The molecule has 8 heteroatoms. The van der Waals surface area contributed by atoms with E-state index in [1.54, 1.807) is 0 Å². The average Bonchev–Trinajstić information content (AvgIpc) is 2.99. The zero-order valence-electron chi connectivity index (χ0n) is 15.2. The summed E-state index contributed by atoms with van der Waals surface area (Å²) in [5.41, 5.74) is 5.59. The predicted octanol–water partition coefficient (Wildman–Crippen LogP) is 0.441. The molecule has 0 bridgehead atoms. The summed E-state index contributed by atoms with van der Waals surface area (Å²) in [5.74, 6) is -1.15. The first-order valence-electron chi connectivity index (χ1n) is 8.80. The van der Waals surface area contributed by atoms with Gasteiger partial charge < -0.3 is 21.1 Å². The Morgan fingerprint density at radius 1 is 1.46 bits per heavy atom. The molecule has 2 rings (SSSR count). The highest BCUT2D eigenvalue weighted by Gasteiger charge is 2.36. The molecule has 0 aromatic heterocycles. The van der Waals surface area contributed by atoms with Crippen molar-refractivity contribution < 1.29 is 19.1 Å². The van der Waals surface area contributed by atoms with Crippen LogP contribution in [0.3, 0.4) is 0 Å². The molecule has 1 heterocycles. The van der Waals surface area contributed by atoms with E-state index in [-0.39, 0.29) is 48.8 Å². The fraction of sp³-hybridized carbons (Fsp3) is 0.556. The quantitative estimate of drug-likeness (QED) is 0.608. The van der Waals surface area contributed by atoms with Crippen molar-refractivity contribution in [3.63, 3.8) is 0 Å². The highest BCUT2D eigenvalue weighted by Crippen LogP contribution is 2.22. The first-order chi connectivity index (χ1) is 12.3. The molecule has 0 unspecified atom stereocenters. The van der Waals surface area contributed by atoms with Gasteiger partial charge in [0.25, 0.3) is 5.91 Å². The smallest absolute Gasteiger partial charge is 0.254 e. The van der Waals surface area contributed by atoms with Crippen molar-refractivity contribution in [3.05, 3.63) is 29.6 Å². The van der Waals surface area contributed by atoms with E-state index in [2.05, 4.69) is 5.32 Å². The standard InChI is InChI=1S/C18H27FN4O3/c1-3-6-22(2)10-17(25)21-13-8-14(11-24)23(9-13)18(26)12-4-5-16(20)15(19)7-12/h4-5,7,13-14,24H,3,6,8-11,20H2,1-2H3,(H,21,25)/t13-,14-/m0/s1. The molecule has 4 N–H and O–H groups in total. The van der Waals surface area contributed by atoms with Gasteiger partial charge in [0, 0.05) is 18.2 Å². The third-order valence-electron chi connectivity index (χ3n) is 4.52. The molecule has 1 aliphatic rings. The monoisotopic (exact) mass is 366 g/mol. The normalized spacial score (nSPS) is 19.8. The number of benzene rings is 1. The molecule has 1 fully saturated rings. The summed E-state index contributed by atoms with van der Waals surface area (Å²) >= 11 is 0. The molecule has 1 aromatic carbocycles. The van der Waals surface area contributed by atoms with Gasteiger partial charge in [-0.1, -0.05) is 6.92 Å². The van der Waals surface area contributed by atoms with E-state index >= 15 is 0 Å². The van der Waals surface area contributed by atoms with E-state index in [9.17, 15) is 19.1 Å². The number of nitrogens with two attached hydrogens (primary N) is 1. The van der Waals surface area contributed by atoms with E-state index in [1.807, 2.05) is 18.9 Å². The minimum absolute atomic E-state index is 0.0250. The lowest BCUT2D eigenvalue weighted by molar-refractivity contribution is -0.122. The predicted molar refractivity (Wildman–Crippen MR) is 97.1 cm³/mol. The van der Waals surface area contributed by atoms with Gasteiger partial charge in [0.1, 0.15) is 5.82 Å². The zero-order valence-corrected chi connectivity index (χ0v) is 15.2. The molecule has 144 valence electrons. The van der Waals surface area contributed by atoms with Crippen molar-refractivity contribution in [1.29, 1.82) is 0 Å². The molecule has 0 spiro atoms. The molecule has 0 saturated carbocycles. The van der Waals surface area contributed by atoms with Crippen LogP contribution in [0, 0.1) is 5.82 Å². The van der Waals surface area contributed by atoms with Crippen LogP contribution in [-0.2, 0) is 4.79 Å². The van der Waals surface area contributed by atoms with Crippen molar-refractivity contribution in [2.75, 3.05) is 39.0 Å². The van der Waals surface area contributed by atoms with Crippen LogP contribution in [0.15, 0.2) is 18.2 Å². The Balaban J connectivity index is 2.00. The van der Waals surface area contributed by atoms with Gasteiger partial charge in [-0.2, -0.15) is 0 Å². The second kappa shape index (κ2) is 8.95. The zero-order chi connectivity index (χ0) is 19.3. The van der Waals surface area contributed by atoms with Gasteiger partial charge in [-0.3, -0.25) is 14.5 Å². The lowest BCUT2D eigenvalue weighted by Gasteiger charge is -2.23. The number of hydrogen-bond acceptors (Lipinski definition) is 5. The van der Waals surface area contributed by atoms with E-state index in [0.29, 0.717) is 6.42 Å². The Labute approximate surface area is 152 Å². The van der Waals surface area contributed by atoms with Crippen LogP contribution in [0.5, 0.6) is 0 Å². The second-order valence-electron chi connectivity index (χ2n) is 6.77. The number of nitrogens with zero attached hydrogens (tertiary/aromatic N) is 2. The highest BCUT2D eigenvalue weighted by atomic mass is 19.1. The number of likely N-dealkylation sites (tertiary alicyclic amines) is 1. The number of rotatable bonds is 7. The first-order valence-corrected chi connectivity index (χ1v) is 8.80. The van der Waals surface area contributed by atoms with Crippen LogP contribution in [0.4, 0.5) is 10.1 Å². The third-order valence-corrected chi connectivity index (χ3v) is 4.52. The van der Waals surface area contributed by atoms with Crippen LogP contribution < -0.4 is 11.1 Å². The number of amides is 2. The van der Waals surface area contributed by atoms with E-state index in [0.717, 1.165) is 19.0 Å². The van der Waals surface area contributed by atoms with Gasteiger partial charge >= 0.3 is 0 Å². The molecule has 1 aromatic rings. The highest BCUT2D eigenvalue weighted by molar-refractivity contribution is 5.95. The van der Waals surface area contributed by atoms with Gasteiger partial charge in [0.2, 0.25) is 5.91 Å². The van der Waals surface area contributed by atoms with Crippen LogP contribution in [0.1, 0.15) is 30.1 Å². The third kappa shape index (κ3) is 4.92. The lowest BCUT2D eigenvalue weighted by Crippen LogP contribution is -2.43. The number of anilines is 1. The maximum atomic E-state index is 13.6. The number of likely N-dealkylation sites (N-methyl/N-ethyl adjacent to an activating group) is 1. The number of hydrogen-bond donors (Lipinski definition) is 3. The van der Waals surface area contributed by atoms with Gasteiger partial charge in [-0.15, -0.1) is 0 Å². The number of nitrogen functional groups attached to an aromatic ring is 1. The maximum Gasteiger partial charge on any atom is 0.254 e. The van der Waals surface area contributed by atoms with Crippen molar-refractivity contribution in [2.24, 2.45) is 0 Å². The van der Waals surface area contributed by atoms with Crippen molar-refractivity contribution in [1.82, 2.24) is 15.1 Å². The average molecular weight is 366 g/mol. The second-order valence-corrected chi connectivity index (χ2v) is 6.77. The molecule has 0 aliphatic carbocycles. The van der Waals surface area contributed by atoms with Gasteiger partial charge in [-0.05, 0) is 44.6 Å². The Bertz CT molecular complexity index is 655. The molecular weight excluding hydrogens is 339 g/mol. The fourth-order valence-corrected chi connectivity index (χ4v) is 3.25. The van der Waals surface area contributed by atoms with Gasteiger partial charge in [-0.25, -0.2) is 4.39 Å². The van der Waals surface area contributed by atoms with Crippen molar-refractivity contribution in [2.45, 2.75) is 31.8 Å². The molecule has 1 saturated heterocycles. The minimum Gasteiger partial charge on any atom is -0.396 e. The Morgan fingerprint density at radius 2 is 2.19 bits per heavy atom. The number of nitrogens with one attached hydrogen (secondary N) is 1. The van der Waals surface area contributed by atoms with E-state index < -0.39 is 11.9 Å². The van der Waals surface area contributed by atoms with Crippen molar-refractivity contribution >= 4 is 17.5 Å². The molecule has 2 atom stereocenters. The molecular formula is C18H27FN4O3. The summed E-state index contributed by atoms with van der Waals surface area (Å²) < 4.78 is 13.6. The first kappa shape index (κ1) is 20.1. The summed E-state index contributed by atoms with van der Waals surface area (Å²) in [7, 11) is 1.87. The lowest BCUT2D eigenvalue weighted by atomic mass is 10.1.